The predicted octanol–water partition coefficient (Wildman–Crippen LogP) is 2.51. The van der Waals surface area contributed by atoms with Crippen molar-refractivity contribution < 1.29 is 22.3 Å². The van der Waals surface area contributed by atoms with Crippen LogP contribution in [0.3, 0.4) is 0 Å². The van der Waals surface area contributed by atoms with Gasteiger partial charge in [0.2, 0.25) is 0 Å². The van der Waals surface area contributed by atoms with E-state index in [2.05, 4.69) is 4.90 Å². The van der Waals surface area contributed by atoms with Crippen molar-refractivity contribution in [3.8, 4) is 5.75 Å². The Morgan fingerprint density at radius 2 is 1.81 bits per heavy atom. The van der Waals surface area contributed by atoms with Crippen LogP contribution < -0.4 is 9.08 Å². The van der Waals surface area contributed by atoms with Crippen LogP contribution in [0.5, 0.6) is 5.75 Å². The number of hydrogen-bond acceptors (Lipinski definition) is 7. The number of hydrogen-bond donors (Lipinski definition) is 0. The number of morpholine rings is 1. The minimum atomic E-state index is -3.56. The van der Waals surface area contributed by atoms with Crippen LogP contribution >= 0.6 is 0 Å². The number of nitrogens with zero attached hydrogens (tertiary/aromatic N) is 2. The van der Waals surface area contributed by atoms with Gasteiger partial charge in [-0.3, -0.25) is 10.1 Å². The number of nitro groups is 1. The van der Waals surface area contributed by atoms with Crippen LogP contribution in [0.25, 0.3) is 0 Å². The third kappa shape index (κ3) is 4.50. The second-order valence-corrected chi connectivity index (χ2v) is 7.51. The lowest BCUT2D eigenvalue weighted by Crippen LogP contribution is -2.38. The normalized spacial score (nSPS) is 17.7. The van der Waals surface area contributed by atoms with Crippen LogP contribution in [-0.2, 0) is 14.9 Å². The summed E-state index contributed by atoms with van der Waals surface area (Å²) < 4.78 is 33.0. The van der Waals surface area contributed by atoms with Gasteiger partial charge in [-0.2, -0.15) is 8.42 Å². The summed E-state index contributed by atoms with van der Waals surface area (Å²) in [5, 5.41) is 10.8. The Balaban J connectivity index is 1.71. The standard InChI is InChI=1S/C17H18N2O6S/c1-26(22,23)25-16-8-2-13(3-9-16)17-12-18(10-11-24-17)14-4-6-15(7-5-14)19(20)21/h2-9,17H,10-12H2,1H3/t17-/m0/s1. The van der Waals surface area contributed by atoms with Gasteiger partial charge in [-0.25, -0.2) is 0 Å². The molecule has 0 spiro atoms. The molecule has 1 saturated heterocycles. The van der Waals surface area contributed by atoms with E-state index in [0.717, 1.165) is 17.5 Å². The Kier molecular flexibility index (Phi) is 5.10. The topological polar surface area (TPSA) is 99.0 Å². The van der Waals surface area contributed by atoms with Gasteiger partial charge in [0.15, 0.2) is 0 Å². The van der Waals surface area contributed by atoms with Gasteiger partial charge in [0.1, 0.15) is 11.9 Å². The Morgan fingerprint density at radius 3 is 2.38 bits per heavy atom. The maximum atomic E-state index is 11.2. The predicted molar refractivity (Wildman–Crippen MR) is 95.9 cm³/mol. The van der Waals surface area contributed by atoms with E-state index in [1.807, 2.05) is 0 Å². The summed E-state index contributed by atoms with van der Waals surface area (Å²) in [5.41, 5.74) is 1.85. The van der Waals surface area contributed by atoms with E-state index in [1.165, 1.54) is 12.1 Å². The molecule has 2 aromatic rings. The Bertz CT molecular complexity index is 880. The largest absolute Gasteiger partial charge is 0.383 e. The summed E-state index contributed by atoms with van der Waals surface area (Å²) in [4.78, 5) is 12.4. The summed E-state index contributed by atoms with van der Waals surface area (Å²) in [6.07, 6.45) is 0.805. The smallest absolute Gasteiger partial charge is 0.306 e. The summed E-state index contributed by atoms with van der Waals surface area (Å²) >= 11 is 0. The SMILES string of the molecule is CS(=O)(=O)Oc1ccc([C@@H]2CN(c3ccc([N+](=O)[O-])cc3)CCO2)cc1. The lowest BCUT2D eigenvalue weighted by molar-refractivity contribution is -0.384. The van der Waals surface area contributed by atoms with Crippen LogP contribution in [-0.4, -0.2) is 39.3 Å². The number of ether oxygens (including phenoxy) is 1. The molecule has 2 aromatic carbocycles. The van der Waals surface area contributed by atoms with Gasteiger partial charge in [-0.1, -0.05) is 12.1 Å². The fourth-order valence-electron chi connectivity index (χ4n) is 2.78. The Labute approximate surface area is 151 Å². The monoisotopic (exact) mass is 378 g/mol. The fourth-order valence-corrected chi connectivity index (χ4v) is 3.24. The highest BCUT2D eigenvalue weighted by Crippen LogP contribution is 2.28. The molecule has 0 bridgehead atoms. The van der Waals surface area contributed by atoms with Crippen molar-refractivity contribution in [1.29, 1.82) is 0 Å². The third-order valence-corrected chi connectivity index (χ3v) is 4.49. The lowest BCUT2D eigenvalue weighted by Gasteiger charge is -2.34. The minimum Gasteiger partial charge on any atom is -0.383 e. The maximum absolute atomic E-state index is 11.2. The number of non-ortho nitro benzene ring substituents is 1. The zero-order valence-electron chi connectivity index (χ0n) is 14.1. The molecular weight excluding hydrogens is 360 g/mol. The molecule has 0 aliphatic carbocycles. The second kappa shape index (κ2) is 7.30. The van der Waals surface area contributed by atoms with E-state index in [0.29, 0.717) is 19.7 Å². The molecule has 0 aromatic heterocycles. The number of anilines is 1. The van der Waals surface area contributed by atoms with E-state index >= 15 is 0 Å². The van der Waals surface area contributed by atoms with Crippen molar-refractivity contribution in [2.45, 2.75) is 6.10 Å². The van der Waals surface area contributed by atoms with Gasteiger partial charge in [0, 0.05) is 30.9 Å². The molecule has 0 radical (unpaired) electrons. The second-order valence-electron chi connectivity index (χ2n) is 5.94. The highest BCUT2D eigenvalue weighted by molar-refractivity contribution is 7.86. The average molecular weight is 378 g/mol. The molecule has 3 rings (SSSR count). The third-order valence-electron chi connectivity index (χ3n) is 3.99. The molecule has 0 saturated carbocycles. The molecule has 138 valence electrons. The lowest BCUT2D eigenvalue weighted by atomic mass is 10.1. The molecule has 1 heterocycles. The van der Waals surface area contributed by atoms with Crippen LogP contribution in [0.2, 0.25) is 0 Å². The molecule has 1 atom stereocenters. The molecule has 8 nitrogen and oxygen atoms in total. The van der Waals surface area contributed by atoms with Crippen LogP contribution in [0, 0.1) is 10.1 Å². The molecule has 0 unspecified atom stereocenters. The summed E-state index contributed by atoms with van der Waals surface area (Å²) in [6.45, 7) is 1.79. The Morgan fingerprint density at radius 1 is 1.15 bits per heavy atom. The fraction of sp³-hybridized carbons (Fsp3) is 0.294. The first-order chi connectivity index (χ1) is 12.3. The van der Waals surface area contributed by atoms with Gasteiger partial charge in [-0.15, -0.1) is 0 Å². The van der Waals surface area contributed by atoms with E-state index in [1.54, 1.807) is 36.4 Å². The average Bonchev–Trinajstić information content (AvgIpc) is 2.61. The van der Waals surface area contributed by atoms with Gasteiger partial charge < -0.3 is 13.8 Å². The van der Waals surface area contributed by atoms with Gasteiger partial charge >= 0.3 is 10.1 Å². The minimum absolute atomic E-state index is 0.0556. The van der Waals surface area contributed by atoms with E-state index < -0.39 is 15.0 Å². The maximum Gasteiger partial charge on any atom is 0.306 e. The van der Waals surface area contributed by atoms with E-state index in [9.17, 15) is 18.5 Å². The summed E-state index contributed by atoms with van der Waals surface area (Å²) in [7, 11) is -3.56. The van der Waals surface area contributed by atoms with Gasteiger partial charge in [-0.05, 0) is 29.8 Å². The first-order valence-electron chi connectivity index (χ1n) is 7.92. The molecule has 0 N–H and O–H groups in total. The van der Waals surface area contributed by atoms with Crippen molar-refractivity contribution >= 4 is 21.5 Å². The van der Waals surface area contributed by atoms with Crippen LogP contribution in [0.15, 0.2) is 48.5 Å². The Hall–Kier alpha value is -2.65. The van der Waals surface area contributed by atoms with Crippen molar-refractivity contribution in [2.24, 2.45) is 0 Å². The van der Waals surface area contributed by atoms with Crippen molar-refractivity contribution in [2.75, 3.05) is 30.9 Å². The molecule has 1 fully saturated rings. The molecular formula is C17H18N2O6S. The van der Waals surface area contributed by atoms with Crippen molar-refractivity contribution in [3.05, 3.63) is 64.2 Å². The zero-order chi connectivity index (χ0) is 18.7. The van der Waals surface area contributed by atoms with Crippen molar-refractivity contribution in [3.63, 3.8) is 0 Å². The molecule has 9 heteroatoms. The molecule has 1 aliphatic heterocycles. The number of benzene rings is 2. The van der Waals surface area contributed by atoms with Crippen LogP contribution in [0.4, 0.5) is 11.4 Å². The zero-order valence-corrected chi connectivity index (χ0v) is 14.9. The summed E-state index contributed by atoms with van der Waals surface area (Å²) in [6, 6.07) is 13.1. The first-order valence-corrected chi connectivity index (χ1v) is 9.74. The van der Waals surface area contributed by atoms with E-state index in [-0.39, 0.29) is 17.5 Å². The van der Waals surface area contributed by atoms with E-state index in [4.69, 9.17) is 8.92 Å². The summed E-state index contributed by atoms with van der Waals surface area (Å²) in [5.74, 6) is 0.249. The molecule has 1 aliphatic rings. The molecule has 26 heavy (non-hydrogen) atoms. The number of rotatable bonds is 5. The van der Waals surface area contributed by atoms with Gasteiger partial charge in [0.05, 0.1) is 17.8 Å². The highest BCUT2D eigenvalue weighted by atomic mass is 32.2. The molecule has 0 amide bonds. The first kappa shape index (κ1) is 18.2. The van der Waals surface area contributed by atoms with Crippen LogP contribution in [0.1, 0.15) is 11.7 Å². The van der Waals surface area contributed by atoms with Gasteiger partial charge in [0.25, 0.3) is 5.69 Å². The quantitative estimate of drug-likeness (QED) is 0.448. The van der Waals surface area contributed by atoms with Crippen molar-refractivity contribution in [1.82, 2.24) is 0 Å². The highest BCUT2D eigenvalue weighted by Gasteiger charge is 2.23. The number of nitro benzene ring substituents is 1.